The fourth-order valence-electron chi connectivity index (χ4n) is 1.04. The van der Waals surface area contributed by atoms with Crippen molar-refractivity contribution in [2.24, 2.45) is 7.05 Å². The molecule has 1 aromatic rings. The van der Waals surface area contributed by atoms with Crippen molar-refractivity contribution in [1.82, 2.24) is 9.78 Å². The Balaban J connectivity index is 2.73. The summed E-state index contributed by atoms with van der Waals surface area (Å²) in [5, 5.41) is 3.94. The second kappa shape index (κ2) is 5.06. The smallest absolute Gasteiger partial charge is 0.341 e. The molecule has 0 bridgehead atoms. The van der Waals surface area contributed by atoms with Gasteiger partial charge in [-0.25, -0.2) is 9.59 Å². The summed E-state index contributed by atoms with van der Waals surface area (Å²) in [6, 6.07) is 0. The van der Waals surface area contributed by atoms with Crippen LogP contribution in [0.15, 0.2) is 30.6 Å². The summed E-state index contributed by atoms with van der Waals surface area (Å²) < 4.78 is 6.06. The summed E-state index contributed by atoms with van der Waals surface area (Å²) in [6.07, 6.45) is 5.87. The monoisotopic (exact) mass is 220 g/mol. The zero-order valence-corrected chi connectivity index (χ0v) is 9.14. The molecule has 0 radical (unpaired) electrons. The van der Waals surface area contributed by atoms with Gasteiger partial charge in [-0.2, -0.15) is 5.10 Å². The molecular formula is C11H12N2O3. The van der Waals surface area contributed by atoms with Gasteiger partial charge in [0.2, 0.25) is 0 Å². The number of carbonyl (C=O) groups is 2. The first-order chi connectivity index (χ1) is 7.52. The van der Waals surface area contributed by atoms with Gasteiger partial charge in [0, 0.05) is 30.5 Å². The minimum Gasteiger partial charge on any atom is -0.386 e. The minimum atomic E-state index is -0.760. The molecule has 5 heteroatoms. The molecule has 0 fully saturated rings. The van der Waals surface area contributed by atoms with Gasteiger partial charge in [0.15, 0.2) is 0 Å². The number of hydrogen-bond donors (Lipinski definition) is 0. The first-order valence-electron chi connectivity index (χ1n) is 4.58. The Kier molecular flexibility index (Phi) is 3.77. The fourth-order valence-corrected chi connectivity index (χ4v) is 1.04. The Bertz CT molecular complexity index is 458. The van der Waals surface area contributed by atoms with Gasteiger partial charge in [0.1, 0.15) is 0 Å². The lowest BCUT2D eigenvalue weighted by molar-refractivity contribution is -0.153. The highest BCUT2D eigenvalue weighted by Crippen LogP contribution is 2.06. The van der Waals surface area contributed by atoms with Crippen molar-refractivity contribution in [2.45, 2.75) is 6.92 Å². The summed E-state index contributed by atoms with van der Waals surface area (Å²) in [6.45, 7) is 4.76. The molecule has 16 heavy (non-hydrogen) atoms. The summed E-state index contributed by atoms with van der Waals surface area (Å²) in [5.74, 6) is -1.45. The van der Waals surface area contributed by atoms with E-state index in [-0.39, 0.29) is 0 Å². The maximum Gasteiger partial charge on any atom is 0.341 e. The lowest BCUT2D eigenvalue weighted by Crippen LogP contribution is -2.10. The van der Waals surface area contributed by atoms with Crippen LogP contribution in [0.1, 0.15) is 12.5 Å². The van der Waals surface area contributed by atoms with Gasteiger partial charge in [-0.3, -0.25) is 4.68 Å². The predicted octanol–water partition coefficient (Wildman–Crippen LogP) is 1.08. The van der Waals surface area contributed by atoms with E-state index in [2.05, 4.69) is 16.4 Å². The molecule has 0 aliphatic heterocycles. The van der Waals surface area contributed by atoms with E-state index in [1.54, 1.807) is 37.1 Å². The number of rotatable bonds is 3. The highest BCUT2D eigenvalue weighted by atomic mass is 16.6. The van der Waals surface area contributed by atoms with E-state index in [9.17, 15) is 9.59 Å². The molecule has 0 saturated carbocycles. The highest BCUT2D eigenvalue weighted by molar-refractivity contribution is 6.01. The van der Waals surface area contributed by atoms with Crippen LogP contribution >= 0.6 is 0 Å². The lowest BCUT2D eigenvalue weighted by atomic mass is 10.2. The Hall–Kier alpha value is -2.17. The van der Waals surface area contributed by atoms with Crippen LogP contribution in [0.25, 0.3) is 6.08 Å². The third-order valence-electron chi connectivity index (χ3n) is 1.79. The molecule has 0 saturated heterocycles. The van der Waals surface area contributed by atoms with Crippen LogP contribution in [0.4, 0.5) is 0 Å². The molecule has 1 rings (SSSR count). The van der Waals surface area contributed by atoms with E-state index < -0.39 is 11.9 Å². The van der Waals surface area contributed by atoms with Gasteiger partial charge < -0.3 is 4.74 Å². The van der Waals surface area contributed by atoms with Crippen molar-refractivity contribution in [3.05, 3.63) is 36.2 Å². The topological polar surface area (TPSA) is 61.2 Å². The maximum atomic E-state index is 11.3. The van der Waals surface area contributed by atoms with Crippen LogP contribution in [0.5, 0.6) is 0 Å². The van der Waals surface area contributed by atoms with E-state index in [1.165, 1.54) is 0 Å². The maximum absolute atomic E-state index is 11.3. The molecule has 0 aliphatic rings. The van der Waals surface area contributed by atoms with Gasteiger partial charge >= 0.3 is 11.9 Å². The number of carbonyl (C=O) groups excluding carboxylic acids is 2. The fraction of sp³-hybridized carbons (Fsp3) is 0.182. The molecule has 0 aromatic carbocycles. The molecule has 1 aromatic heterocycles. The first-order valence-corrected chi connectivity index (χ1v) is 4.58. The van der Waals surface area contributed by atoms with Crippen LogP contribution in [0, 0.1) is 0 Å². The zero-order chi connectivity index (χ0) is 12.1. The van der Waals surface area contributed by atoms with Crippen LogP contribution in [-0.4, -0.2) is 21.7 Å². The molecule has 0 unspecified atom stereocenters. The second-order valence-corrected chi connectivity index (χ2v) is 3.19. The van der Waals surface area contributed by atoms with Gasteiger partial charge in [-0.1, -0.05) is 6.58 Å². The van der Waals surface area contributed by atoms with Crippen LogP contribution in [-0.2, 0) is 21.4 Å². The van der Waals surface area contributed by atoms with Gasteiger partial charge in [-0.05, 0) is 13.0 Å². The summed E-state index contributed by atoms with van der Waals surface area (Å²) >= 11 is 0. The second-order valence-electron chi connectivity index (χ2n) is 3.19. The number of ether oxygens (including phenoxy) is 1. The number of aromatic nitrogens is 2. The van der Waals surface area contributed by atoms with Gasteiger partial charge in [-0.15, -0.1) is 0 Å². The first kappa shape index (κ1) is 11.9. The zero-order valence-electron chi connectivity index (χ0n) is 9.14. The van der Waals surface area contributed by atoms with Gasteiger partial charge in [0.05, 0.1) is 6.20 Å². The van der Waals surface area contributed by atoms with Crippen molar-refractivity contribution in [3.8, 4) is 0 Å². The summed E-state index contributed by atoms with van der Waals surface area (Å²) in [7, 11) is 1.77. The number of esters is 2. The molecule has 84 valence electrons. The molecule has 0 amide bonds. The van der Waals surface area contributed by atoms with E-state index >= 15 is 0 Å². The van der Waals surface area contributed by atoms with Crippen molar-refractivity contribution in [3.63, 3.8) is 0 Å². The SMILES string of the molecule is C=CC(=O)OC(=O)/C(C)=C/c1cnn(C)c1. The van der Waals surface area contributed by atoms with Crippen LogP contribution < -0.4 is 0 Å². The summed E-state index contributed by atoms with van der Waals surface area (Å²) in [5.41, 5.74) is 1.09. The molecule has 0 atom stereocenters. The molecule has 5 nitrogen and oxygen atoms in total. The molecule has 0 spiro atoms. The molecule has 0 aliphatic carbocycles. The summed E-state index contributed by atoms with van der Waals surface area (Å²) in [4.78, 5) is 22.1. The van der Waals surface area contributed by atoms with Crippen molar-refractivity contribution in [2.75, 3.05) is 0 Å². The van der Waals surface area contributed by atoms with Crippen molar-refractivity contribution in [1.29, 1.82) is 0 Å². The standard InChI is InChI=1S/C11H12N2O3/c1-4-10(14)16-11(15)8(2)5-9-6-12-13(3)7-9/h4-7H,1H2,2-3H3/b8-5+. The largest absolute Gasteiger partial charge is 0.386 e. The number of nitrogens with zero attached hydrogens (tertiary/aromatic N) is 2. The van der Waals surface area contributed by atoms with Crippen LogP contribution in [0.2, 0.25) is 0 Å². The highest BCUT2D eigenvalue weighted by Gasteiger charge is 2.09. The Labute approximate surface area is 93.0 Å². The van der Waals surface area contributed by atoms with Crippen molar-refractivity contribution < 1.29 is 14.3 Å². The molecule has 0 N–H and O–H groups in total. The van der Waals surface area contributed by atoms with Crippen molar-refractivity contribution >= 4 is 18.0 Å². The van der Waals surface area contributed by atoms with E-state index in [4.69, 9.17) is 0 Å². The number of aryl methyl sites for hydroxylation is 1. The number of hydrogen-bond acceptors (Lipinski definition) is 4. The van der Waals surface area contributed by atoms with Crippen LogP contribution in [0.3, 0.4) is 0 Å². The Morgan fingerprint density at radius 1 is 1.56 bits per heavy atom. The van der Waals surface area contributed by atoms with E-state index in [0.29, 0.717) is 5.57 Å². The molecular weight excluding hydrogens is 208 g/mol. The average Bonchev–Trinajstić information content (AvgIpc) is 2.63. The molecule has 1 heterocycles. The normalized spacial score (nSPS) is 11.0. The third-order valence-corrected chi connectivity index (χ3v) is 1.79. The minimum absolute atomic E-state index is 0.322. The van der Waals surface area contributed by atoms with E-state index in [1.807, 2.05) is 0 Å². The Morgan fingerprint density at radius 2 is 2.25 bits per heavy atom. The van der Waals surface area contributed by atoms with E-state index in [0.717, 1.165) is 11.6 Å². The Morgan fingerprint density at radius 3 is 2.75 bits per heavy atom. The average molecular weight is 220 g/mol. The lowest BCUT2D eigenvalue weighted by Gasteiger charge is -1.98. The predicted molar refractivity (Wildman–Crippen MR) is 58.2 cm³/mol. The van der Waals surface area contributed by atoms with Gasteiger partial charge in [0.25, 0.3) is 0 Å². The third kappa shape index (κ3) is 3.20. The quantitative estimate of drug-likeness (QED) is 0.434.